The maximum atomic E-state index is 6.43. The molecule has 0 saturated carbocycles. The number of hydrogen-bond acceptors (Lipinski definition) is 2. The largest absolute Gasteiger partial charge is 0.546 e. The van der Waals surface area contributed by atoms with Crippen LogP contribution in [0.4, 0.5) is 0 Å². The van der Waals surface area contributed by atoms with E-state index in [0.717, 1.165) is 25.2 Å². The molecule has 0 unspecified atom stereocenters. The molecule has 0 N–H and O–H groups in total. The van der Waals surface area contributed by atoms with Crippen LogP contribution in [0.3, 0.4) is 0 Å². The third-order valence-corrected chi connectivity index (χ3v) is 6.41. The smallest absolute Gasteiger partial charge is 0.241 e. The Kier molecular flexibility index (Phi) is 3.45. The molecule has 1 saturated heterocycles. The standard InChI is InChI=1S/C18H30O2Si/c1-17(2)9-7-10-18(3)13-8-11-19-16(13)14(12-15(17)18)20-21(4,5)6/h7,10,12-13,15-16H,8-9,11H2,1-6H3/t13-,15+,16-,18-/m1/s1. The van der Waals surface area contributed by atoms with E-state index in [4.69, 9.17) is 9.16 Å². The summed E-state index contributed by atoms with van der Waals surface area (Å²) in [5.41, 5.74) is 0.514. The minimum Gasteiger partial charge on any atom is -0.546 e. The van der Waals surface area contributed by atoms with E-state index in [2.05, 4.69) is 58.6 Å². The lowest BCUT2D eigenvalue weighted by Crippen LogP contribution is -2.50. The summed E-state index contributed by atoms with van der Waals surface area (Å²) < 4.78 is 12.5. The van der Waals surface area contributed by atoms with Crippen molar-refractivity contribution in [2.75, 3.05) is 6.61 Å². The predicted molar refractivity (Wildman–Crippen MR) is 89.5 cm³/mol. The Hall–Kier alpha value is -0.543. The van der Waals surface area contributed by atoms with Gasteiger partial charge in [-0.25, -0.2) is 0 Å². The molecule has 0 aromatic heterocycles. The minimum absolute atomic E-state index is 0.177. The molecule has 0 amide bonds. The molecule has 0 radical (unpaired) electrons. The highest BCUT2D eigenvalue weighted by Gasteiger charge is 2.55. The first-order valence-electron chi connectivity index (χ1n) is 8.33. The Morgan fingerprint density at radius 1 is 1.24 bits per heavy atom. The first kappa shape index (κ1) is 15.4. The van der Waals surface area contributed by atoms with Gasteiger partial charge in [0.1, 0.15) is 11.9 Å². The molecule has 3 heteroatoms. The van der Waals surface area contributed by atoms with Crippen LogP contribution in [0.15, 0.2) is 24.0 Å². The summed E-state index contributed by atoms with van der Waals surface area (Å²) in [6.45, 7) is 14.9. The Morgan fingerprint density at radius 3 is 2.62 bits per heavy atom. The number of rotatable bonds is 2. The second-order valence-corrected chi connectivity index (χ2v) is 13.3. The Labute approximate surface area is 130 Å². The molecule has 0 bridgehead atoms. The lowest BCUT2D eigenvalue weighted by molar-refractivity contribution is -0.00546. The highest BCUT2D eigenvalue weighted by atomic mass is 28.4. The average Bonchev–Trinajstić information content (AvgIpc) is 2.80. The molecule has 4 atom stereocenters. The third kappa shape index (κ3) is 2.53. The van der Waals surface area contributed by atoms with Gasteiger partial charge in [0, 0.05) is 12.5 Å². The van der Waals surface area contributed by atoms with Crippen molar-refractivity contribution in [1.29, 1.82) is 0 Å². The topological polar surface area (TPSA) is 18.5 Å². The monoisotopic (exact) mass is 306 g/mol. The highest BCUT2D eigenvalue weighted by Crippen LogP contribution is 2.59. The zero-order valence-corrected chi connectivity index (χ0v) is 15.4. The Balaban J connectivity index is 2.05. The van der Waals surface area contributed by atoms with Crippen molar-refractivity contribution >= 4 is 8.32 Å². The van der Waals surface area contributed by atoms with Crippen LogP contribution in [-0.2, 0) is 9.16 Å². The summed E-state index contributed by atoms with van der Waals surface area (Å²) in [5.74, 6) is 2.25. The predicted octanol–water partition coefficient (Wildman–Crippen LogP) is 4.75. The van der Waals surface area contributed by atoms with Crippen molar-refractivity contribution < 1.29 is 9.16 Å². The molecule has 2 aliphatic carbocycles. The van der Waals surface area contributed by atoms with Gasteiger partial charge in [-0.15, -0.1) is 0 Å². The van der Waals surface area contributed by atoms with Crippen LogP contribution in [-0.4, -0.2) is 21.0 Å². The van der Waals surface area contributed by atoms with E-state index < -0.39 is 8.32 Å². The van der Waals surface area contributed by atoms with E-state index in [9.17, 15) is 0 Å². The summed E-state index contributed by atoms with van der Waals surface area (Å²) >= 11 is 0. The minimum atomic E-state index is -1.60. The van der Waals surface area contributed by atoms with Gasteiger partial charge >= 0.3 is 0 Å². The second kappa shape index (κ2) is 4.72. The lowest BCUT2D eigenvalue weighted by Gasteiger charge is -2.53. The molecule has 21 heavy (non-hydrogen) atoms. The molecule has 3 aliphatic rings. The van der Waals surface area contributed by atoms with Crippen molar-refractivity contribution in [2.24, 2.45) is 22.7 Å². The number of fused-ring (bicyclic) bond motifs is 3. The van der Waals surface area contributed by atoms with E-state index >= 15 is 0 Å². The number of hydrogen-bond donors (Lipinski definition) is 0. The van der Waals surface area contributed by atoms with Gasteiger partial charge in [0.15, 0.2) is 0 Å². The van der Waals surface area contributed by atoms with Gasteiger partial charge in [-0.1, -0.05) is 32.9 Å². The lowest BCUT2D eigenvalue weighted by atomic mass is 9.52. The van der Waals surface area contributed by atoms with Crippen LogP contribution in [0.25, 0.3) is 0 Å². The molecule has 1 fully saturated rings. The van der Waals surface area contributed by atoms with Crippen LogP contribution >= 0.6 is 0 Å². The summed E-state index contributed by atoms with van der Waals surface area (Å²) in [4.78, 5) is 0. The molecule has 118 valence electrons. The van der Waals surface area contributed by atoms with Crippen molar-refractivity contribution in [3.8, 4) is 0 Å². The second-order valence-electron chi connectivity index (χ2n) is 8.91. The SMILES string of the molecule is CC1(C)CC=C[C@]2(C)[C@@H]3CCO[C@H]3C(O[Si](C)(C)C)=C[C@@H]12. The molecular weight excluding hydrogens is 276 g/mol. The van der Waals surface area contributed by atoms with Gasteiger partial charge in [0.2, 0.25) is 8.32 Å². The maximum Gasteiger partial charge on any atom is 0.241 e. The fraction of sp³-hybridized carbons (Fsp3) is 0.778. The van der Waals surface area contributed by atoms with Crippen molar-refractivity contribution in [2.45, 2.75) is 59.4 Å². The van der Waals surface area contributed by atoms with Gasteiger partial charge in [0.25, 0.3) is 0 Å². The van der Waals surface area contributed by atoms with Crippen molar-refractivity contribution in [1.82, 2.24) is 0 Å². The van der Waals surface area contributed by atoms with Crippen LogP contribution < -0.4 is 0 Å². The average molecular weight is 307 g/mol. The summed E-state index contributed by atoms with van der Waals surface area (Å²) in [5, 5.41) is 0. The molecule has 0 spiro atoms. The Morgan fingerprint density at radius 2 is 1.95 bits per heavy atom. The van der Waals surface area contributed by atoms with Crippen LogP contribution in [0.2, 0.25) is 19.6 Å². The van der Waals surface area contributed by atoms with Gasteiger partial charge in [-0.3, -0.25) is 0 Å². The molecule has 0 aromatic rings. The normalized spacial score (nSPS) is 41.2. The van der Waals surface area contributed by atoms with E-state index in [0.29, 0.717) is 17.3 Å². The Bertz CT molecular complexity index is 486. The van der Waals surface area contributed by atoms with Crippen LogP contribution in [0.5, 0.6) is 0 Å². The van der Waals surface area contributed by atoms with Crippen molar-refractivity contribution in [3.63, 3.8) is 0 Å². The van der Waals surface area contributed by atoms with Gasteiger partial charge < -0.3 is 9.16 Å². The van der Waals surface area contributed by atoms with E-state index in [1.807, 2.05) is 0 Å². The summed E-state index contributed by atoms with van der Waals surface area (Å²) in [7, 11) is -1.60. The number of allylic oxidation sites excluding steroid dienone is 3. The molecule has 1 heterocycles. The number of ether oxygens (including phenoxy) is 1. The van der Waals surface area contributed by atoms with Gasteiger partial charge in [-0.05, 0) is 55.3 Å². The van der Waals surface area contributed by atoms with E-state index in [-0.39, 0.29) is 11.5 Å². The summed E-state index contributed by atoms with van der Waals surface area (Å²) in [6.07, 6.45) is 9.78. The fourth-order valence-electron chi connectivity index (χ4n) is 4.66. The molecule has 3 rings (SSSR count). The molecular formula is C18H30O2Si. The highest BCUT2D eigenvalue weighted by molar-refractivity contribution is 6.70. The molecule has 0 aromatic carbocycles. The van der Waals surface area contributed by atoms with E-state index in [1.54, 1.807) is 0 Å². The maximum absolute atomic E-state index is 6.43. The third-order valence-electron chi connectivity index (χ3n) is 5.56. The zero-order chi connectivity index (χ0) is 15.5. The molecule has 2 nitrogen and oxygen atoms in total. The fourth-order valence-corrected chi connectivity index (χ4v) is 5.55. The molecule has 1 aliphatic heterocycles. The van der Waals surface area contributed by atoms with Gasteiger partial charge in [-0.2, -0.15) is 0 Å². The van der Waals surface area contributed by atoms with Crippen molar-refractivity contribution in [3.05, 3.63) is 24.0 Å². The first-order chi connectivity index (χ1) is 9.63. The van der Waals surface area contributed by atoms with Gasteiger partial charge in [0.05, 0.1) is 0 Å². The zero-order valence-electron chi connectivity index (χ0n) is 14.4. The van der Waals surface area contributed by atoms with Crippen LogP contribution in [0.1, 0.15) is 33.6 Å². The quantitative estimate of drug-likeness (QED) is 0.541. The first-order valence-corrected chi connectivity index (χ1v) is 11.7. The summed E-state index contributed by atoms with van der Waals surface area (Å²) in [6, 6.07) is 0. The van der Waals surface area contributed by atoms with E-state index in [1.165, 1.54) is 0 Å². The van der Waals surface area contributed by atoms with Crippen LogP contribution in [0, 0.1) is 22.7 Å².